The van der Waals surface area contributed by atoms with Gasteiger partial charge in [0.25, 0.3) is 0 Å². The second kappa shape index (κ2) is 11.8. The first-order valence-electron chi connectivity index (χ1n) is 12.0. The lowest BCUT2D eigenvalue weighted by atomic mass is 9.84. The zero-order chi connectivity index (χ0) is 26.7. The van der Waals surface area contributed by atoms with Crippen molar-refractivity contribution in [3.63, 3.8) is 0 Å². The van der Waals surface area contributed by atoms with Gasteiger partial charge in [0, 0.05) is 12.5 Å². The number of methoxy groups -OCH3 is 2. The molecule has 0 radical (unpaired) electrons. The third-order valence-corrected chi connectivity index (χ3v) is 7.04. The summed E-state index contributed by atoms with van der Waals surface area (Å²) in [6.45, 7) is -0.229. The summed E-state index contributed by atoms with van der Waals surface area (Å²) in [5, 5.41) is 59.7. The van der Waals surface area contributed by atoms with Crippen LogP contribution >= 0.6 is 0 Å². The fourth-order valence-electron chi connectivity index (χ4n) is 4.92. The number of aromatic hydroxyl groups is 1. The SMILES string of the molecule is COc1cc([C@H]2OC[C@H](Cc3ccc(O[C@H]4O[C@H](CO)[C@@H](O)[C@H](O)[C@H]4O)c(OC)c3)[C@@H]2CO)ccc1O. The van der Waals surface area contributed by atoms with Crippen LogP contribution in [0.3, 0.4) is 0 Å². The first-order valence-corrected chi connectivity index (χ1v) is 12.0. The minimum atomic E-state index is -1.56. The van der Waals surface area contributed by atoms with E-state index in [0.29, 0.717) is 24.5 Å². The Morgan fingerprint density at radius 3 is 2.30 bits per heavy atom. The molecule has 8 atom stereocenters. The van der Waals surface area contributed by atoms with Gasteiger partial charge in [0.2, 0.25) is 6.29 Å². The van der Waals surface area contributed by atoms with Crippen LogP contribution in [0.2, 0.25) is 0 Å². The Labute approximate surface area is 214 Å². The second-order valence-corrected chi connectivity index (χ2v) is 9.30. The summed E-state index contributed by atoms with van der Waals surface area (Å²) >= 11 is 0. The van der Waals surface area contributed by atoms with Gasteiger partial charge in [-0.25, -0.2) is 0 Å². The number of phenols is 1. The van der Waals surface area contributed by atoms with Crippen molar-refractivity contribution in [2.45, 2.75) is 43.2 Å². The monoisotopic (exact) mass is 522 g/mol. The molecule has 2 fully saturated rings. The fourth-order valence-corrected chi connectivity index (χ4v) is 4.92. The van der Waals surface area contributed by atoms with Gasteiger partial charge in [-0.05, 0) is 47.7 Å². The minimum Gasteiger partial charge on any atom is -0.504 e. The third kappa shape index (κ3) is 5.63. The molecule has 0 aromatic heterocycles. The molecule has 11 nitrogen and oxygen atoms in total. The van der Waals surface area contributed by atoms with E-state index in [-0.39, 0.29) is 36.0 Å². The second-order valence-electron chi connectivity index (χ2n) is 9.30. The number of ether oxygens (including phenoxy) is 5. The summed E-state index contributed by atoms with van der Waals surface area (Å²) < 4.78 is 27.9. The van der Waals surface area contributed by atoms with Gasteiger partial charge in [0.05, 0.1) is 33.5 Å². The molecule has 0 aliphatic carbocycles. The molecule has 2 saturated heterocycles. The highest BCUT2D eigenvalue weighted by atomic mass is 16.7. The van der Waals surface area contributed by atoms with Crippen LogP contribution in [0.25, 0.3) is 0 Å². The van der Waals surface area contributed by atoms with Crippen LogP contribution in [0.5, 0.6) is 23.0 Å². The Kier molecular flexibility index (Phi) is 8.75. The molecule has 6 N–H and O–H groups in total. The van der Waals surface area contributed by atoms with Crippen molar-refractivity contribution in [2.75, 3.05) is 34.0 Å². The van der Waals surface area contributed by atoms with Gasteiger partial charge >= 0.3 is 0 Å². The van der Waals surface area contributed by atoms with Crippen molar-refractivity contribution in [2.24, 2.45) is 11.8 Å². The first-order chi connectivity index (χ1) is 17.8. The predicted octanol–water partition coefficient (Wildman–Crippen LogP) is 0.127. The van der Waals surface area contributed by atoms with Crippen molar-refractivity contribution in [3.05, 3.63) is 47.5 Å². The van der Waals surface area contributed by atoms with E-state index in [9.17, 15) is 30.6 Å². The number of benzene rings is 2. The quantitative estimate of drug-likeness (QED) is 0.265. The van der Waals surface area contributed by atoms with Crippen LogP contribution in [0, 0.1) is 11.8 Å². The van der Waals surface area contributed by atoms with Gasteiger partial charge in [-0.3, -0.25) is 0 Å². The van der Waals surface area contributed by atoms with Gasteiger partial charge < -0.3 is 54.3 Å². The molecule has 0 bridgehead atoms. The van der Waals surface area contributed by atoms with Gasteiger partial charge in [0.15, 0.2) is 23.0 Å². The van der Waals surface area contributed by atoms with E-state index in [1.165, 1.54) is 20.3 Å². The predicted molar refractivity (Wildman–Crippen MR) is 129 cm³/mol. The van der Waals surface area contributed by atoms with Crippen molar-refractivity contribution >= 4 is 0 Å². The normalized spacial score (nSPS) is 31.8. The molecule has 2 aliphatic rings. The van der Waals surface area contributed by atoms with E-state index in [1.807, 2.05) is 6.07 Å². The highest BCUT2D eigenvalue weighted by molar-refractivity contribution is 5.44. The van der Waals surface area contributed by atoms with Crippen molar-refractivity contribution in [1.82, 2.24) is 0 Å². The first kappa shape index (κ1) is 27.4. The van der Waals surface area contributed by atoms with Crippen LogP contribution in [-0.4, -0.2) is 95.4 Å². The molecule has 2 aromatic carbocycles. The Balaban J connectivity index is 1.47. The molecular weight excluding hydrogens is 488 g/mol. The maximum Gasteiger partial charge on any atom is 0.229 e. The Morgan fingerprint density at radius 1 is 0.865 bits per heavy atom. The Bertz CT molecular complexity index is 1050. The lowest BCUT2D eigenvalue weighted by Crippen LogP contribution is -2.60. The van der Waals surface area contributed by atoms with E-state index < -0.39 is 37.3 Å². The minimum absolute atomic E-state index is 0.00304. The molecule has 0 spiro atoms. The third-order valence-electron chi connectivity index (χ3n) is 7.04. The number of aliphatic hydroxyl groups is 5. The highest BCUT2D eigenvalue weighted by Gasteiger charge is 2.45. The van der Waals surface area contributed by atoms with E-state index in [2.05, 4.69) is 0 Å². The van der Waals surface area contributed by atoms with Crippen LogP contribution in [0.4, 0.5) is 0 Å². The summed E-state index contributed by atoms with van der Waals surface area (Å²) in [5.41, 5.74) is 1.70. The van der Waals surface area contributed by atoms with Crippen LogP contribution in [0.1, 0.15) is 17.2 Å². The summed E-state index contributed by atoms with van der Waals surface area (Å²) in [7, 11) is 2.93. The standard InChI is InChI=1S/C26H34O11/c1-33-19-9-14(4-5-17(19)29)25-16(10-27)15(12-35-25)7-13-3-6-18(20(8-13)34-2)36-26-24(32)23(31)22(30)21(11-28)37-26/h3-6,8-9,15-16,21-32H,7,10-12H2,1-2H3/t15-,16-,21+,22+,23-,24+,25+,26-/m0/s1. The number of hydrogen-bond donors (Lipinski definition) is 6. The molecule has 11 heteroatoms. The average Bonchev–Trinajstić information content (AvgIpc) is 3.32. The largest absolute Gasteiger partial charge is 0.504 e. The molecule has 0 saturated carbocycles. The average molecular weight is 523 g/mol. The maximum absolute atomic E-state index is 10.3. The van der Waals surface area contributed by atoms with Crippen LogP contribution in [0.15, 0.2) is 36.4 Å². The summed E-state index contributed by atoms with van der Waals surface area (Å²) in [5.74, 6) is 0.766. The number of aliphatic hydroxyl groups excluding tert-OH is 5. The molecule has 0 unspecified atom stereocenters. The van der Waals surface area contributed by atoms with Crippen molar-refractivity contribution in [1.29, 1.82) is 0 Å². The zero-order valence-corrected chi connectivity index (χ0v) is 20.6. The highest BCUT2D eigenvalue weighted by Crippen LogP contribution is 2.42. The van der Waals surface area contributed by atoms with Gasteiger partial charge in [-0.1, -0.05) is 12.1 Å². The molecular formula is C26H34O11. The summed E-state index contributed by atoms with van der Waals surface area (Å²) in [6, 6.07) is 10.2. The number of hydrogen-bond acceptors (Lipinski definition) is 11. The fraction of sp³-hybridized carbons (Fsp3) is 0.538. The summed E-state index contributed by atoms with van der Waals surface area (Å²) in [4.78, 5) is 0. The molecule has 37 heavy (non-hydrogen) atoms. The molecule has 4 rings (SSSR count). The molecule has 204 valence electrons. The lowest BCUT2D eigenvalue weighted by Gasteiger charge is -2.39. The van der Waals surface area contributed by atoms with E-state index in [4.69, 9.17) is 23.7 Å². The van der Waals surface area contributed by atoms with E-state index in [0.717, 1.165) is 11.1 Å². The van der Waals surface area contributed by atoms with E-state index in [1.54, 1.807) is 24.3 Å². The number of phenolic OH excluding ortho intramolecular Hbond substituents is 1. The lowest BCUT2D eigenvalue weighted by molar-refractivity contribution is -0.277. The number of rotatable bonds is 9. The Hall–Kier alpha value is -2.64. The molecule has 0 amide bonds. The van der Waals surface area contributed by atoms with Crippen LogP contribution in [-0.2, 0) is 15.9 Å². The van der Waals surface area contributed by atoms with Gasteiger partial charge in [-0.15, -0.1) is 0 Å². The molecule has 2 heterocycles. The topological polar surface area (TPSA) is 168 Å². The Morgan fingerprint density at radius 2 is 1.62 bits per heavy atom. The van der Waals surface area contributed by atoms with Crippen molar-refractivity contribution < 1.29 is 54.3 Å². The van der Waals surface area contributed by atoms with Crippen molar-refractivity contribution in [3.8, 4) is 23.0 Å². The molecule has 2 aliphatic heterocycles. The zero-order valence-electron chi connectivity index (χ0n) is 20.6. The maximum atomic E-state index is 10.3. The molecule has 2 aromatic rings. The summed E-state index contributed by atoms with van der Waals surface area (Å²) in [6.07, 6.45) is -6.79. The van der Waals surface area contributed by atoms with Crippen LogP contribution < -0.4 is 14.2 Å². The van der Waals surface area contributed by atoms with Gasteiger partial charge in [0.1, 0.15) is 24.4 Å². The smallest absolute Gasteiger partial charge is 0.229 e. The van der Waals surface area contributed by atoms with Gasteiger partial charge in [-0.2, -0.15) is 0 Å². The van der Waals surface area contributed by atoms with E-state index >= 15 is 0 Å².